The number of carbonyl (C=O) groups excluding carboxylic acids is 1. The number of halogens is 1. The number of ether oxygens (including phenoxy) is 2. The Kier molecular flexibility index (Phi) is 4.44. The fourth-order valence-electron chi connectivity index (χ4n) is 2.40. The van der Waals surface area contributed by atoms with E-state index < -0.39 is 5.82 Å². The molecule has 0 bridgehead atoms. The van der Waals surface area contributed by atoms with Crippen molar-refractivity contribution in [2.75, 3.05) is 33.9 Å². The molecule has 110 valence electrons. The summed E-state index contributed by atoms with van der Waals surface area (Å²) in [7, 11) is 2.87. The van der Waals surface area contributed by atoms with E-state index >= 15 is 0 Å². The van der Waals surface area contributed by atoms with Crippen LogP contribution in [0, 0.1) is 11.7 Å². The van der Waals surface area contributed by atoms with Crippen molar-refractivity contribution >= 4 is 5.91 Å². The average molecular weight is 282 g/mol. The maximum atomic E-state index is 14.0. The molecule has 1 aliphatic rings. The molecule has 0 saturated carbocycles. The Bertz CT molecular complexity index is 507. The lowest BCUT2D eigenvalue weighted by Crippen LogP contribution is -2.30. The van der Waals surface area contributed by atoms with Crippen LogP contribution in [-0.4, -0.2) is 44.7 Å². The Balaban J connectivity index is 2.26. The minimum absolute atomic E-state index is 0.000298. The third kappa shape index (κ3) is 2.70. The summed E-state index contributed by atoms with van der Waals surface area (Å²) in [6, 6.07) is 2.55. The molecule has 1 fully saturated rings. The van der Waals surface area contributed by atoms with Crippen LogP contribution in [0.5, 0.6) is 11.5 Å². The van der Waals surface area contributed by atoms with E-state index in [0.717, 1.165) is 6.42 Å². The van der Waals surface area contributed by atoms with E-state index in [4.69, 9.17) is 15.2 Å². The smallest absolute Gasteiger partial charge is 0.256 e. The van der Waals surface area contributed by atoms with Crippen LogP contribution >= 0.6 is 0 Å². The molecule has 5 nitrogen and oxygen atoms in total. The fraction of sp³-hybridized carbons (Fsp3) is 0.500. The molecule has 1 amide bonds. The Morgan fingerprint density at radius 1 is 1.40 bits per heavy atom. The predicted molar refractivity (Wildman–Crippen MR) is 72.6 cm³/mol. The van der Waals surface area contributed by atoms with Crippen molar-refractivity contribution < 1.29 is 18.7 Å². The van der Waals surface area contributed by atoms with E-state index in [1.165, 1.54) is 26.4 Å². The molecule has 0 spiro atoms. The summed E-state index contributed by atoms with van der Waals surface area (Å²) in [5.41, 5.74) is 5.60. The van der Waals surface area contributed by atoms with Gasteiger partial charge in [-0.1, -0.05) is 0 Å². The van der Waals surface area contributed by atoms with Crippen LogP contribution in [0.4, 0.5) is 4.39 Å². The maximum absolute atomic E-state index is 14.0. The lowest BCUT2D eigenvalue weighted by atomic mass is 10.1. The molecule has 0 aliphatic carbocycles. The van der Waals surface area contributed by atoms with E-state index in [1.54, 1.807) is 4.90 Å². The second kappa shape index (κ2) is 6.09. The Morgan fingerprint density at radius 3 is 2.60 bits per heavy atom. The standard InChI is InChI=1S/C14H19FN2O3/c1-19-12-5-10(11(15)6-13(12)20-2)14(18)17-4-3-9(7-16)8-17/h5-6,9H,3-4,7-8,16H2,1-2H3/t9-/m1/s1. The minimum atomic E-state index is -0.608. The molecular weight excluding hydrogens is 263 g/mol. The molecule has 2 rings (SSSR count). The van der Waals surface area contributed by atoms with E-state index in [2.05, 4.69) is 0 Å². The summed E-state index contributed by atoms with van der Waals surface area (Å²) in [6.45, 7) is 1.72. The number of methoxy groups -OCH3 is 2. The highest BCUT2D eigenvalue weighted by Crippen LogP contribution is 2.31. The van der Waals surface area contributed by atoms with Crippen LogP contribution in [0.2, 0.25) is 0 Å². The van der Waals surface area contributed by atoms with Crippen LogP contribution in [0.15, 0.2) is 12.1 Å². The quantitative estimate of drug-likeness (QED) is 0.903. The molecule has 1 aromatic rings. The number of likely N-dealkylation sites (tertiary alicyclic amines) is 1. The molecular formula is C14H19FN2O3. The number of benzene rings is 1. The fourth-order valence-corrected chi connectivity index (χ4v) is 2.40. The first-order valence-corrected chi connectivity index (χ1v) is 6.51. The average Bonchev–Trinajstić information content (AvgIpc) is 2.95. The molecule has 1 saturated heterocycles. The van der Waals surface area contributed by atoms with Gasteiger partial charge in [0.05, 0.1) is 19.8 Å². The molecule has 1 aliphatic heterocycles. The second-order valence-electron chi connectivity index (χ2n) is 4.83. The van der Waals surface area contributed by atoms with Gasteiger partial charge in [0.25, 0.3) is 5.91 Å². The minimum Gasteiger partial charge on any atom is -0.493 e. The molecule has 0 radical (unpaired) electrons. The van der Waals surface area contributed by atoms with Crippen LogP contribution in [0.25, 0.3) is 0 Å². The molecule has 2 N–H and O–H groups in total. The van der Waals surface area contributed by atoms with Gasteiger partial charge in [-0.25, -0.2) is 4.39 Å². The third-order valence-corrected chi connectivity index (χ3v) is 3.61. The molecule has 1 heterocycles. The van der Waals surface area contributed by atoms with Gasteiger partial charge in [-0.3, -0.25) is 4.79 Å². The van der Waals surface area contributed by atoms with Gasteiger partial charge in [-0.2, -0.15) is 0 Å². The maximum Gasteiger partial charge on any atom is 0.256 e. The number of hydrogen-bond acceptors (Lipinski definition) is 4. The Hall–Kier alpha value is -1.82. The van der Waals surface area contributed by atoms with Crippen molar-refractivity contribution in [2.24, 2.45) is 11.7 Å². The van der Waals surface area contributed by atoms with Gasteiger partial charge in [0, 0.05) is 19.2 Å². The molecule has 6 heteroatoms. The van der Waals surface area contributed by atoms with Crippen LogP contribution in [-0.2, 0) is 0 Å². The third-order valence-electron chi connectivity index (χ3n) is 3.61. The topological polar surface area (TPSA) is 64.8 Å². The highest BCUT2D eigenvalue weighted by Gasteiger charge is 2.28. The van der Waals surface area contributed by atoms with E-state index in [1.807, 2.05) is 0 Å². The normalized spacial score (nSPS) is 18.2. The highest BCUT2D eigenvalue weighted by molar-refractivity contribution is 5.95. The van der Waals surface area contributed by atoms with Crippen LogP contribution < -0.4 is 15.2 Å². The molecule has 20 heavy (non-hydrogen) atoms. The van der Waals surface area contributed by atoms with E-state index in [9.17, 15) is 9.18 Å². The van der Waals surface area contributed by atoms with Gasteiger partial charge in [0.2, 0.25) is 0 Å². The molecule has 0 unspecified atom stereocenters. The molecule has 1 aromatic carbocycles. The van der Waals surface area contributed by atoms with E-state index in [-0.39, 0.29) is 17.2 Å². The molecule has 1 atom stereocenters. The van der Waals surface area contributed by atoms with Crippen molar-refractivity contribution in [3.63, 3.8) is 0 Å². The van der Waals surface area contributed by atoms with Crippen molar-refractivity contribution in [3.8, 4) is 11.5 Å². The van der Waals surface area contributed by atoms with E-state index in [0.29, 0.717) is 31.3 Å². The summed E-state index contributed by atoms with van der Waals surface area (Å²) in [5, 5.41) is 0. The van der Waals surface area contributed by atoms with Gasteiger partial charge in [-0.05, 0) is 24.9 Å². The number of amides is 1. The first kappa shape index (κ1) is 14.6. The van der Waals surface area contributed by atoms with Crippen molar-refractivity contribution in [1.82, 2.24) is 4.90 Å². The lowest BCUT2D eigenvalue weighted by molar-refractivity contribution is 0.0782. The number of nitrogens with two attached hydrogens (primary N) is 1. The summed E-state index contributed by atoms with van der Waals surface area (Å²) in [6.07, 6.45) is 0.858. The molecule has 0 aromatic heterocycles. The highest BCUT2D eigenvalue weighted by atomic mass is 19.1. The zero-order valence-corrected chi connectivity index (χ0v) is 11.7. The summed E-state index contributed by atoms with van der Waals surface area (Å²) < 4.78 is 24.1. The summed E-state index contributed by atoms with van der Waals surface area (Å²) in [5.74, 6) is -0.0416. The number of rotatable bonds is 4. The first-order valence-electron chi connectivity index (χ1n) is 6.51. The number of hydrogen-bond donors (Lipinski definition) is 1. The van der Waals surface area contributed by atoms with Crippen LogP contribution in [0.1, 0.15) is 16.8 Å². The SMILES string of the molecule is COc1cc(F)c(C(=O)N2CC[C@H](CN)C2)cc1OC. The predicted octanol–water partition coefficient (Wildman–Crippen LogP) is 1.26. The van der Waals surface area contributed by atoms with Gasteiger partial charge in [-0.15, -0.1) is 0 Å². The zero-order chi connectivity index (χ0) is 14.7. The first-order chi connectivity index (χ1) is 9.60. The summed E-state index contributed by atoms with van der Waals surface area (Å²) >= 11 is 0. The van der Waals surface area contributed by atoms with Gasteiger partial charge in [0.15, 0.2) is 11.5 Å². The van der Waals surface area contributed by atoms with Gasteiger partial charge < -0.3 is 20.1 Å². The van der Waals surface area contributed by atoms with Crippen LogP contribution in [0.3, 0.4) is 0 Å². The zero-order valence-electron chi connectivity index (χ0n) is 11.7. The Morgan fingerprint density at radius 2 is 2.05 bits per heavy atom. The van der Waals surface area contributed by atoms with Crippen molar-refractivity contribution in [3.05, 3.63) is 23.5 Å². The largest absolute Gasteiger partial charge is 0.493 e. The Labute approximate surface area is 117 Å². The monoisotopic (exact) mass is 282 g/mol. The van der Waals surface area contributed by atoms with Gasteiger partial charge in [0.1, 0.15) is 5.82 Å². The lowest BCUT2D eigenvalue weighted by Gasteiger charge is -2.18. The number of nitrogens with zero attached hydrogens (tertiary/aromatic N) is 1. The second-order valence-corrected chi connectivity index (χ2v) is 4.83. The van der Waals surface area contributed by atoms with Crippen molar-refractivity contribution in [1.29, 1.82) is 0 Å². The number of carbonyl (C=O) groups is 1. The van der Waals surface area contributed by atoms with Gasteiger partial charge >= 0.3 is 0 Å². The summed E-state index contributed by atoms with van der Waals surface area (Å²) in [4.78, 5) is 14.0. The van der Waals surface area contributed by atoms with Crippen molar-refractivity contribution in [2.45, 2.75) is 6.42 Å².